The van der Waals surface area contributed by atoms with E-state index >= 15 is 0 Å². The molecular formula is C16H25NO2. The monoisotopic (exact) mass is 263 g/mol. The number of unbranched alkanes of at least 4 members (excludes halogenated alkanes) is 1. The van der Waals surface area contributed by atoms with Gasteiger partial charge in [0.25, 0.3) is 0 Å². The highest BCUT2D eigenvalue weighted by molar-refractivity contribution is 5.75. The third-order valence-corrected chi connectivity index (χ3v) is 2.98. The predicted octanol–water partition coefficient (Wildman–Crippen LogP) is 3.50. The van der Waals surface area contributed by atoms with Gasteiger partial charge in [0.2, 0.25) is 5.91 Å². The number of hydrogen-bond acceptors (Lipinski definition) is 2. The van der Waals surface area contributed by atoms with E-state index in [1.165, 1.54) is 5.56 Å². The Labute approximate surface area is 116 Å². The lowest BCUT2D eigenvalue weighted by Crippen LogP contribution is -2.27. The van der Waals surface area contributed by atoms with E-state index in [1.807, 2.05) is 18.2 Å². The van der Waals surface area contributed by atoms with Crippen LogP contribution in [-0.4, -0.2) is 19.1 Å². The number of para-hydroxylation sites is 1. The number of benzene rings is 1. The van der Waals surface area contributed by atoms with Gasteiger partial charge in [-0.1, -0.05) is 45.4 Å². The number of amides is 1. The minimum Gasteiger partial charge on any atom is -0.491 e. The molecule has 0 spiro atoms. The zero-order chi connectivity index (χ0) is 14.1. The molecule has 0 aliphatic rings. The summed E-state index contributed by atoms with van der Waals surface area (Å²) in [7, 11) is 0. The Morgan fingerprint density at radius 3 is 2.74 bits per heavy atom. The molecule has 1 aromatic carbocycles. The quantitative estimate of drug-likeness (QED) is 0.729. The van der Waals surface area contributed by atoms with Crippen molar-refractivity contribution < 1.29 is 9.53 Å². The van der Waals surface area contributed by atoms with Crippen molar-refractivity contribution >= 4 is 5.91 Å². The summed E-state index contributed by atoms with van der Waals surface area (Å²) in [5.74, 6) is 1.47. The van der Waals surface area contributed by atoms with Crippen LogP contribution in [0.5, 0.6) is 5.75 Å². The first-order valence-electron chi connectivity index (χ1n) is 7.13. The first-order valence-corrected chi connectivity index (χ1v) is 7.13. The summed E-state index contributed by atoms with van der Waals surface area (Å²) in [5.41, 5.74) is 1.21. The number of carbonyl (C=O) groups is 1. The zero-order valence-electron chi connectivity index (χ0n) is 12.2. The van der Waals surface area contributed by atoms with E-state index in [0.29, 0.717) is 25.5 Å². The summed E-state index contributed by atoms with van der Waals surface area (Å²) in [6, 6.07) is 8.06. The van der Waals surface area contributed by atoms with Gasteiger partial charge in [-0.3, -0.25) is 4.79 Å². The molecule has 1 amide bonds. The van der Waals surface area contributed by atoms with E-state index in [0.717, 1.165) is 18.6 Å². The van der Waals surface area contributed by atoms with E-state index in [1.54, 1.807) is 0 Å². The molecule has 0 aliphatic heterocycles. The van der Waals surface area contributed by atoms with E-state index in [2.05, 4.69) is 32.2 Å². The maximum absolute atomic E-state index is 11.4. The molecule has 19 heavy (non-hydrogen) atoms. The second-order valence-electron chi connectivity index (χ2n) is 4.99. The molecule has 1 N–H and O–H groups in total. The topological polar surface area (TPSA) is 38.3 Å². The molecule has 0 aromatic heterocycles. The fourth-order valence-corrected chi connectivity index (χ4v) is 1.87. The van der Waals surface area contributed by atoms with Crippen LogP contribution in [0.2, 0.25) is 0 Å². The van der Waals surface area contributed by atoms with Crippen molar-refractivity contribution in [2.24, 2.45) is 0 Å². The van der Waals surface area contributed by atoms with Crippen LogP contribution in [0.4, 0.5) is 0 Å². The van der Waals surface area contributed by atoms with Gasteiger partial charge in [-0.25, -0.2) is 0 Å². The Kier molecular flexibility index (Phi) is 7.01. The highest BCUT2D eigenvalue weighted by Crippen LogP contribution is 2.25. The number of rotatable bonds is 8. The Bertz CT molecular complexity index is 388. The first-order chi connectivity index (χ1) is 9.15. The third-order valence-electron chi connectivity index (χ3n) is 2.98. The average Bonchev–Trinajstić information content (AvgIpc) is 2.41. The van der Waals surface area contributed by atoms with E-state index in [4.69, 9.17) is 4.74 Å². The van der Waals surface area contributed by atoms with Gasteiger partial charge < -0.3 is 10.1 Å². The molecule has 0 radical (unpaired) electrons. The number of hydrogen-bond donors (Lipinski definition) is 1. The molecule has 0 aliphatic carbocycles. The summed E-state index contributed by atoms with van der Waals surface area (Å²) >= 11 is 0. The van der Waals surface area contributed by atoms with Crippen molar-refractivity contribution in [2.45, 2.75) is 46.0 Å². The summed E-state index contributed by atoms with van der Waals surface area (Å²) in [6.45, 7) is 7.46. The van der Waals surface area contributed by atoms with Crippen molar-refractivity contribution in [3.8, 4) is 5.75 Å². The molecule has 106 valence electrons. The van der Waals surface area contributed by atoms with Gasteiger partial charge >= 0.3 is 0 Å². The molecule has 0 unspecified atom stereocenters. The first kappa shape index (κ1) is 15.5. The van der Waals surface area contributed by atoms with Gasteiger partial charge in [0, 0.05) is 6.42 Å². The van der Waals surface area contributed by atoms with Crippen LogP contribution in [0.1, 0.15) is 51.5 Å². The van der Waals surface area contributed by atoms with E-state index in [-0.39, 0.29) is 5.91 Å². The van der Waals surface area contributed by atoms with Gasteiger partial charge in [0.15, 0.2) is 0 Å². The number of nitrogens with one attached hydrogen (secondary N) is 1. The fourth-order valence-electron chi connectivity index (χ4n) is 1.87. The average molecular weight is 263 g/mol. The highest BCUT2D eigenvalue weighted by atomic mass is 16.5. The molecule has 0 heterocycles. The minimum absolute atomic E-state index is 0.114. The summed E-state index contributed by atoms with van der Waals surface area (Å²) in [6.07, 6.45) is 2.60. The molecule has 3 nitrogen and oxygen atoms in total. The van der Waals surface area contributed by atoms with Gasteiger partial charge in [-0.2, -0.15) is 0 Å². The minimum atomic E-state index is 0.114. The third kappa shape index (κ3) is 5.77. The summed E-state index contributed by atoms with van der Waals surface area (Å²) in [4.78, 5) is 11.4. The molecular weight excluding hydrogens is 238 g/mol. The lowest BCUT2D eigenvalue weighted by atomic mass is 10.0. The maximum Gasteiger partial charge on any atom is 0.220 e. The number of ether oxygens (including phenoxy) is 1. The Morgan fingerprint density at radius 2 is 2.05 bits per heavy atom. The SMILES string of the molecule is CCCCC(=O)NCCOc1ccccc1C(C)C. The number of carbonyl (C=O) groups excluding carboxylic acids is 1. The smallest absolute Gasteiger partial charge is 0.220 e. The molecule has 0 saturated carbocycles. The molecule has 1 rings (SSSR count). The van der Waals surface area contributed by atoms with Crippen LogP contribution < -0.4 is 10.1 Å². The van der Waals surface area contributed by atoms with Gasteiger partial charge in [0.05, 0.1) is 6.54 Å². The molecule has 3 heteroatoms. The van der Waals surface area contributed by atoms with Crippen LogP contribution in [0, 0.1) is 0 Å². The fraction of sp³-hybridized carbons (Fsp3) is 0.562. The normalized spacial score (nSPS) is 10.5. The van der Waals surface area contributed by atoms with Crippen LogP contribution >= 0.6 is 0 Å². The Hall–Kier alpha value is -1.51. The molecule has 0 bridgehead atoms. The summed E-state index contributed by atoms with van der Waals surface area (Å²) < 4.78 is 5.74. The highest BCUT2D eigenvalue weighted by Gasteiger charge is 2.06. The van der Waals surface area contributed by atoms with Gasteiger partial charge in [0.1, 0.15) is 12.4 Å². The lowest BCUT2D eigenvalue weighted by Gasteiger charge is -2.14. The molecule has 1 aromatic rings. The maximum atomic E-state index is 11.4. The predicted molar refractivity (Wildman–Crippen MR) is 78.6 cm³/mol. The van der Waals surface area contributed by atoms with Crippen LogP contribution in [0.3, 0.4) is 0 Å². The second-order valence-corrected chi connectivity index (χ2v) is 4.99. The summed E-state index contributed by atoms with van der Waals surface area (Å²) in [5, 5.41) is 2.87. The molecule has 0 fully saturated rings. The van der Waals surface area contributed by atoms with Crippen LogP contribution in [0.15, 0.2) is 24.3 Å². The zero-order valence-corrected chi connectivity index (χ0v) is 12.2. The van der Waals surface area contributed by atoms with Crippen molar-refractivity contribution in [2.75, 3.05) is 13.2 Å². The van der Waals surface area contributed by atoms with E-state index in [9.17, 15) is 4.79 Å². The van der Waals surface area contributed by atoms with Crippen LogP contribution in [0.25, 0.3) is 0 Å². The van der Waals surface area contributed by atoms with Crippen molar-refractivity contribution in [1.82, 2.24) is 5.32 Å². The lowest BCUT2D eigenvalue weighted by molar-refractivity contribution is -0.121. The van der Waals surface area contributed by atoms with Gasteiger partial charge in [-0.15, -0.1) is 0 Å². The standard InChI is InChI=1S/C16H25NO2/c1-4-5-10-16(18)17-11-12-19-15-9-7-6-8-14(15)13(2)3/h6-9,13H,4-5,10-12H2,1-3H3,(H,17,18). The molecule has 0 atom stereocenters. The van der Waals surface area contributed by atoms with Crippen molar-refractivity contribution in [3.05, 3.63) is 29.8 Å². The Balaban J connectivity index is 2.31. The van der Waals surface area contributed by atoms with Crippen LogP contribution in [-0.2, 0) is 4.79 Å². The largest absolute Gasteiger partial charge is 0.491 e. The second kappa shape index (κ2) is 8.57. The van der Waals surface area contributed by atoms with Crippen molar-refractivity contribution in [1.29, 1.82) is 0 Å². The van der Waals surface area contributed by atoms with E-state index < -0.39 is 0 Å². The van der Waals surface area contributed by atoms with Gasteiger partial charge in [-0.05, 0) is 24.0 Å². The Morgan fingerprint density at radius 1 is 1.32 bits per heavy atom. The molecule has 0 saturated heterocycles. The van der Waals surface area contributed by atoms with Crippen molar-refractivity contribution in [3.63, 3.8) is 0 Å².